The predicted octanol–water partition coefficient (Wildman–Crippen LogP) is 5.72. The van der Waals surface area contributed by atoms with Gasteiger partial charge in [0.25, 0.3) is 0 Å². The highest BCUT2D eigenvalue weighted by molar-refractivity contribution is 5.85. The van der Waals surface area contributed by atoms with Crippen LogP contribution >= 0.6 is 0 Å². The van der Waals surface area contributed by atoms with Crippen LogP contribution in [0.2, 0.25) is 0 Å². The molecule has 4 aromatic carbocycles. The van der Waals surface area contributed by atoms with Crippen molar-refractivity contribution < 1.29 is 4.57 Å². The highest BCUT2D eigenvalue weighted by atomic mass is 15.0. The molecule has 5 aromatic rings. The molecule has 0 unspecified atom stereocenters. The van der Waals surface area contributed by atoms with E-state index in [1.807, 2.05) is 24.3 Å². The molecule has 3 nitrogen and oxygen atoms in total. The van der Waals surface area contributed by atoms with Crippen LogP contribution in [0, 0.1) is 6.92 Å². The van der Waals surface area contributed by atoms with E-state index in [0.717, 1.165) is 39.1 Å². The van der Waals surface area contributed by atoms with Gasteiger partial charge in [0.05, 0.1) is 0 Å². The monoisotopic (exact) mass is 362 g/mol. The van der Waals surface area contributed by atoms with Crippen LogP contribution in [-0.2, 0) is 0 Å². The summed E-state index contributed by atoms with van der Waals surface area (Å²) in [6.07, 6.45) is 0. The highest BCUT2D eigenvalue weighted by Crippen LogP contribution is 2.23. The Bertz CT molecular complexity index is 1280. The molecule has 0 radical (unpaired) electrons. The number of nitrogens with zero attached hydrogens (tertiary/aromatic N) is 2. The molecule has 0 fully saturated rings. The van der Waals surface area contributed by atoms with Gasteiger partial charge in [-0.05, 0) is 42.8 Å². The summed E-state index contributed by atoms with van der Waals surface area (Å²) in [5.74, 6) is 0. The molecule has 0 aliphatic heterocycles. The quantitative estimate of drug-likeness (QED) is 0.329. The van der Waals surface area contributed by atoms with Crippen LogP contribution < -0.4 is 9.88 Å². The molecule has 1 heterocycles. The average molecular weight is 362 g/mol. The summed E-state index contributed by atoms with van der Waals surface area (Å²) >= 11 is 0. The first-order valence-corrected chi connectivity index (χ1v) is 9.42. The van der Waals surface area contributed by atoms with E-state index in [2.05, 4.69) is 89.6 Å². The van der Waals surface area contributed by atoms with Gasteiger partial charge in [-0.15, -0.1) is 4.57 Å². The van der Waals surface area contributed by atoms with Crippen molar-refractivity contribution in [3.63, 3.8) is 0 Å². The van der Waals surface area contributed by atoms with Gasteiger partial charge in [-0.25, -0.2) is 4.98 Å². The van der Waals surface area contributed by atoms with E-state index in [1.54, 1.807) is 0 Å². The van der Waals surface area contributed by atoms with Crippen molar-refractivity contribution in [2.24, 2.45) is 0 Å². The lowest BCUT2D eigenvalue weighted by Crippen LogP contribution is -2.33. The van der Waals surface area contributed by atoms with Crippen molar-refractivity contribution in [3.8, 4) is 5.69 Å². The minimum Gasteiger partial charge on any atom is -0.355 e. The third kappa shape index (κ3) is 2.97. The molecule has 0 saturated heterocycles. The maximum absolute atomic E-state index is 4.90. The number of nitrogens with one attached hydrogen (secondary N) is 1. The van der Waals surface area contributed by atoms with Gasteiger partial charge in [-0.3, -0.25) is 0 Å². The zero-order valence-corrected chi connectivity index (χ0v) is 15.6. The summed E-state index contributed by atoms with van der Waals surface area (Å²) in [7, 11) is 0. The average Bonchev–Trinajstić information content (AvgIpc) is 2.73. The van der Waals surface area contributed by atoms with E-state index in [-0.39, 0.29) is 0 Å². The van der Waals surface area contributed by atoms with E-state index in [9.17, 15) is 0 Å². The molecule has 0 saturated carbocycles. The minimum atomic E-state index is 0.971. The molecule has 1 aromatic heterocycles. The summed E-state index contributed by atoms with van der Waals surface area (Å²) in [5, 5.41) is 3.49. The number of benzene rings is 4. The van der Waals surface area contributed by atoms with Gasteiger partial charge < -0.3 is 5.32 Å². The Hall–Kier alpha value is -3.72. The Balaban J connectivity index is 1.79. The number of aryl methyl sites for hydroxylation is 1. The fraction of sp³-hybridized carbons (Fsp3) is 0.0400. The first kappa shape index (κ1) is 16.5. The van der Waals surface area contributed by atoms with Crippen LogP contribution in [0.4, 0.5) is 11.4 Å². The standard InChI is InChI=1S/C25H19N3/c1-18-12-14-22-24(16-18)28(21-10-6-3-7-11-21)25-17-20(13-15-23(25)27-22)26-19-8-4-2-5-9-19/h2-17H,1H3/p+1. The smallest absolute Gasteiger partial charge is 0.239 e. The number of rotatable bonds is 3. The van der Waals surface area contributed by atoms with Gasteiger partial charge in [0.2, 0.25) is 16.7 Å². The number of hydrogen-bond donors (Lipinski definition) is 1. The molecule has 1 N–H and O–H groups in total. The van der Waals surface area contributed by atoms with Crippen LogP contribution in [0.25, 0.3) is 27.8 Å². The molecule has 3 heteroatoms. The van der Waals surface area contributed by atoms with E-state index < -0.39 is 0 Å². The third-order valence-corrected chi connectivity index (χ3v) is 4.91. The lowest BCUT2D eigenvalue weighted by Gasteiger charge is -2.09. The van der Waals surface area contributed by atoms with Gasteiger partial charge in [0.1, 0.15) is 11.0 Å². The van der Waals surface area contributed by atoms with E-state index in [4.69, 9.17) is 4.98 Å². The lowest BCUT2D eigenvalue weighted by molar-refractivity contribution is -0.538. The van der Waals surface area contributed by atoms with E-state index in [0.29, 0.717) is 0 Å². The Morgan fingerprint density at radius 2 is 1.29 bits per heavy atom. The van der Waals surface area contributed by atoms with E-state index in [1.165, 1.54) is 5.56 Å². The molecular formula is C25H20N3+. The first-order chi connectivity index (χ1) is 13.8. The molecule has 0 amide bonds. The van der Waals surface area contributed by atoms with Crippen molar-refractivity contribution in [1.29, 1.82) is 0 Å². The third-order valence-electron chi connectivity index (χ3n) is 4.91. The fourth-order valence-corrected chi connectivity index (χ4v) is 3.58. The van der Waals surface area contributed by atoms with Crippen molar-refractivity contribution in [1.82, 2.24) is 4.98 Å². The van der Waals surface area contributed by atoms with Gasteiger partial charge in [-0.1, -0.05) is 42.5 Å². The lowest BCUT2D eigenvalue weighted by atomic mass is 10.1. The van der Waals surface area contributed by atoms with Crippen LogP contribution in [0.1, 0.15) is 5.56 Å². The fourth-order valence-electron chi connectivity index (χ4n) is 3.58. The van der Waals surface area contributed by atoms with Crippen molar-refractivity contribution >= 4 is 33.4 Å². The van der Waals surface area contributed by atoms with E-state index >= 15 is 0 Å². The summed E-state index contributed by atoms with van der Waals surface area (Å²) in [5.41, 5.74) is 8.60. The molecule has 0 bridgehead atoms. The zero-order valence-electron chi connectivity index (χ0n) is 15.6. The molecular weight excluding hydrogens is 342 g/mol. The molecule has 0 spiro atoms. The number of hydrogen-bond acceptors (Lipinski definition) is 2. The Morgan fingerprint density at radius 1 is 0.643 bits per heavy atom. The first-order valence-electron chi connectivity index (χ1n) is 9.42. The summed E-state index contributed by atoms with van der Waals surface area (Å²) < 4.78 is 2.29. The second-order valence-electron chi connectivity index (χ2n) is 6.97. The van der Waals surface area contributed by atoms with Crippen molar-refractivity contribution in [3.05, 3.63) is 103 Å². The van der Waals surface area contributed by atoms with Gasteiger partial charge in [0.15, 0.2) is 0 Å². The summed E-state index contributed by atoms with van der Waals surface area (Å²) in [6, 6.07) is 33.4. The number of anilines is 2. The molecule has 0 aliphatic rings. The van der Waals surface area contributed by atoms with Gasteiger partial charge in [0, 0.05) is 35.6 Å². The number of fused-ring (bicyclic) bond motifs is 2. The van der Waals surface area contributed by atoms with Crippen LogP contribution in [-0.4, -0.2) is 4.98 Å². The largest absolute Gasteiger partial charge is 0.355 e. The second-order valence-corrected chi connectivity index (χ2v) is 6.97. The predicted molar refractivity (Wildman–Crippen MR) is 115 cm³/mol. The zero-order chi connectivity index (χ0) is 18.9. The van der Waals surface area contributed by atoms with Crippen molar-refractivity contribution in [2.45, 2.75) is 6.92 Å². The van der Waals surface area contributed by atoms with Gasteiger partial charge >= 0.3 is 0 Å². The summed E-state index contributed by atoms with van der Waals surface area (Å²) in [4.78, 5) is 4.90. The summed E-state index contributed by atoms with van der Waals surface area (Å²) in [6.45, 7) is 2.12. The Morgan fingerprint density at radius 3 is 2.04 bits per heavy atom. The SMILES string of the molecule is Cc1ccc2nc3ccc(Nc4ccccc4)cc3[n+](-c3ccccc3)c2c1. The molecule has 28 heavy (non-hydrogen) atoms. The number of aromatic nitrogens is 2. The maximum atomic E-state index is 4.90. The molecule has 0 atom stereocenters. The Labute approximate surface area is 163 Å². The van der Waals surface area contributed by atoms with Crippen molar-refractivity contribution in [2.75, 3.05) is 5.32 Å². The van der Waals surface area contributed by atoms with Crippen LogP contribution in [0.15, 0.2) is 97.1 Å². The maximum Gasteiger partial charge on any atom is 0.239 e. The topological polar surface area (TPSA) is 28.8 Å². The normalized spacial score (nSPS) is 11.0. The number of para-hydroxylation sites is 2. The van der Waals surface area contributed by atoms with Crippen LogP contribution in [0.5, 0.6) is 0 Å². The minimum absolute atomic E-state index is 0.971. The molecule has 5 rings (SSSR count). The molecule has 134 valence electrons. The highest BCUT2D eigenvalue weighted by Gasteiger charge is 2.19. The molecule has 0 aliphatic carbocycles. The second kappa shape index (κ2) is 6.78. The Kier molecular flexibility index (Phi) is 3.99. The van der Waals surface area contributed by atoms with Crippen LogP contribution in [0.3, 0.4) is 0 Å². The van der Waals surface area contributed by atoms with Gasteiger partial charge in [-0.2, -0.15) is 0 Å².